The van der Waals surface area contributed by atoms with Crippen molar-refractivity contribution in [2.24, 2.45) is 10.9 Å². The molecule has 86 valence electrons. The Morgan fingerprint density at radius 3 is 2.81 bits per heavy atom. The Balaban J connectivity index is 2.33. The highest BCUT2D eigenvalue weighted by Crippen LogP contribution is 2.24. The second kappa shape index (κ2) is 4.40. The number of hydrogen-bond donors (Lipinski definition) is 3. The molecule has 1 aromatic carbocycles. The van der Waals surface area contributed by atoms with Crippen LogP contribution in [0.4, 0.5) is 5.69 Å². The van der Waals surface area contributed by atoms with Crippen molar-refractivity contribution in [3.63, 3.8) is 0 Å². The molecule has 1 fully saturated rings. The van der Waals surface area contributed by atoms with Gasteiger partial charge in [0.05, 0.1) is 6.10 Å². The molecular weight excluding hydrogens is 206 g/mol. The van der Waals surface area contributed by atoms with Gasteiger partial charge in [0.1, 0.15) is 0 Å². The van der Waals surface area contributed by atoms with E-state index in [-0.39, 0.29) is 11.9 Å². The van der Waals surface area contributed by atoms with Crippen LogP contribution in [0.15, 0.2) is 29.4 Å². The molecule has 2 rings (SSSR count). The lowest BCUT2D eigenvalue weighted by molar-refractivity contribution is 0.198. The molecule has 0 unspecified atom stereocenters. The first-order valence-corrected chi connectivity index (χ1v) is 5.22. The number of benzene rings is 1. The van der Waals surface area contributed by atoms with Crippen molar-refractivity contribution in [1.29, 1.82) is 0 Å². The minimum Gasteiger partial charge on any atom is -0.409 e. The van der Waals surface area contributed by atoms with Crippen LogP contribution in [0.5, 0.6) is 0 Å². The number of para-hydroxylation sites is 1. The zero-order valence-electron chi connectivity index (χ0n) is 8.87. The van der Waals surface area contributed by atoms with Crippen molar-refractivity contribution in [2.75, 3.05) is 18.0 Å². The summed E-state index contributed by atoms with van der Waals surface area (Å²) < 4.78 is 0. The molecule has 16 heavy (non-hydrogen) atoms. The van der Waals surface area contributed by atoms with Crippen molar-refractivity contribution < 1.29 is 10.3 Å². The molecule has 5 heteroatoms. The van der Waals surface area contributed by atoms with Crippen LogP contribution in [0.1, 0.15) is 12.0 Å². The van der Waals surface area contributed by atoms with Gasteiger partial charge >= 0.3 is 0 Å². The van der Waals surface area contributed by atoms with Gasteiger partial charge in [-0.15, -0.1) is 0 Å². The number of oxime groups is 1. The molecule has 1 saturated heterocycles. The first-order chi connectivity index (χ1) is 7.72. The Morgan fingerprint density at radius 2 is 2.19 bits per heavy atom. The van der Waals surface area contributed by atoms with Crippen LogP contribution in [0, 0.1) is 0 Å². The molecular formula is C11H15N3O2. The number of β-amino-alcohol motifs (C(OH)–C–C–N with tert-alkyl or cyclic N) is 1. The lowest BCUT2D eigenvalue weighted by atomic mass is 10.1. The summed E-state index contributed by atoms with van der Waals surface area (Å²) in [5.74, 6) is 0.0944. The van der Waals surface area contributed by atoms with Crippen LogP contribution in [-0.2, 0) is 0 Å². The highest BCUT2D eigenvalue weighted by Gasteiger charge is 2.22. The van der Waals surface area contributed by atoms with E-state index in [0.29, 0.717) is 12.1 Å². The highest BCUT2D eigenvalue weighted by atomic mass is 16.4. The zero-order chi connectivity index (χ0) is 11.5. The number of amidine groups is 1. The third-order valence-electron chi connectivity index (χ3n) is 2.79. The lowest BCUT2D eigenvalue weighted by Gasteiger charge is -2.20. The van der Waals surface area contributed by atoms with Crippen LogP contribution in [-0.4, -0.2) is 35.3 Å². The molecule has 1 aliphatic heterocycles. The summed E-state index contributed by atoms with van der Waals surface area (Å²) in [5, 5.41) is 21.2. The van der Waals surface area contributed by atoms with Crippen molar-refractivity contribution in [3.8, 4) is 0 Å². The average molecular weight is 221 g/mol. The summed E-state index contributed by atoms with van der Waals surface area (Å²) >= 11 is 0. The number of nitrogens with two attached hydrogens (primary N) is 1. The molecule has 4 N–H and O–H groups in total. The molecule has 0 saturated carbocycles. The molecule has 0 spiro atoms. The fourth-order valence-corrected chi connectivity index (χ4v) is 1.98. The third-order valence-corrected chi connectivity index (χ3v) is 2.79. The molecule has 0 aromatic heterocycles. The Kier molecular flexibility index (Phi) is 2.96. The molecule has 1 aromatic rings. The average Bonchev–Trinajstić information content (AvgIpc) is 2.75. The summed E-state index contributed by atoms with van der Waals surface area (Å²) in [6, 6.07) is 7.44. The monoisotopic (exact) mass is 221 g/mol. The minimum atomic E-state index is -0.291. The first kappa shape index (κ1) is 10.8. The van der Waals surface area contributed by atoms with Crippen molar-refractivity contribution in [2.45, 2.75) is 12.5 Å². The van der Waals surface area contributed by atoms with Gasteiger partial charge in [-0.25, -0.2) is 0 Å². The molecule has 0 amide bonds. The largest absolute Gasteiger partial charge is 0.409 e. The van der Waals surface area contributed by atoms with E-state index >= 15 is 0 Å². The maximum Gasteiger partial charge on any atom is 0.172 e. The van der Waals surface area contributed by atoms with Crippen LogP contribution >= 0.6 is 0 Å². The zero-order valence-corrected chi connectivity index (χ0v) is 8.87. The summed E-state index contributed by atoms with van der Waals surface area (Å²) in [4.78, 5) is 2.04. The number of aliphatic hydroxyl groups excluding tert-OH is 1. The van der Waals surface area contributed by atoms with Crippen molar-refractivity contribution in [3.05, 3.63) is 29.8 Å². The van der Waals surface area contributed by atoms with E-state index < -0.39 is 0 Å². The van der Waals surface area contributed by atoms with E-state index in [1.807, 2.05) is 23.1 Å². The van der Waals surface area contributed by atoms with Crippen LogP contribution < -0.4 is 10.6 Å². The number of anilines is 1. The van der Waals surface area contributed by atoms with E-state index in [2.05, 4.69) is 5.16 Å². The third kappa shape index (κ3) is 1.94. The number of rotatable bonds is 2. The van der Waals surface area contributed by atoms with E-state index in [0.717, 1.165) is 18.7 Å². The Morgan fingerprint density at radius 1 is 1.44 bits per heavy atom. The standard InChI is InChI=1S/C11H15N3O2/c12-11(13-16)9-3-1-2-4-10(9)14-6-5-8(15)7-14/h1-4,8,15-16H,5-7H2,(H2,12,13)/t8-/m0/s1. The van der Waals surface area contributed by atoms with E-state index in [9.17, 15) is 5.11 Å². The van der Waals surface area contributed by atoms with Crippen molar-refractivity contribution >= 4 is 11.5 Å². The fraction of sp³-hybridized carbons (Fsp3) is 0.364. The molecule has 1 aliphatic rings. The minimum absolute atomic E-state index is 0.0944. The predicted octanol–water partition coefficient (Wildman–Crippen LogP) is 0.352. The maximum absolute atomic E-state index is 9.50. The Labute approximate surface area is 93.8 Å². The van der Waals surface area contributed by atoms with Gasteiger partial charge in [0.2, 0.25) is 0 Å². The molecule has 0 bridgehead atoms. The molecule has 0 radical (unpaired) electrons. The summed E-state index contributed by atoms with van der Waals surface area (Å²) in [5.41, 5.74) is 7.20. The van der Waals surface area contributed by atoms with Crippen LogP contribution in [0.3, 0.4) is 0 Å². The second-order valence-corrected chi connectivity index (χ2v) is 3.89. The van der Waals surface area contributed by atoms with Gasteiger partial charge in [-0.05, 0) is 18.6 Å². The van der Waals surface area contributed by atoms with E-state index in [4.69, 9.17) is 10.9 Å². The Hall–Kier alpha value is -1.75. The summed E-state index contributed by atoms with van der Waals surface area (Å²) in [6.07, 6.45) is 0.463. The molecule has 1 heterocycles. The highest BCUT2D eigenvalue weighted by molar-refractivity contribution is 6.02. The van der Waals surface area contributed by atoms with Gasteiger partial charge in [-0.1, -0.05) is 17.3 Å². The number of hydrogen-bond acceptors (Lipinski definition) is 4. The van der Waals surface area contributed by atoms with Crippen LogP contribution in [0.25, 0.3) is 0 Å². The van der Waals surface area contributed by atoms with Crippen molar-refractivity contribution in [1.82, 2.24) is 0 Å². The quantitative estimate of drug-likeness (QED) is 0.291. The summed E-state index contributed by atoms with van der Waals surface area (Å²) in [6.45, 7) is 1.38. The van der Waals surface area contributed by atoms with Gasteiger partial charge in [-0.3, -0.25) is 0 Å². The summed E-state index contributed by atoms with van der Waals surface area (Å²) in [7, 11) is 0. The first-order valence-electron chi connectivity index (χ1n) is 5.22. The Bertz CT molecular complexity index is 406. The van der Waals surface area contributed by atoms with Gasteiger partial charge < -0.3 is 20.9 Å². The smallest absolute Gasteiger partial charge is 0.172 e. The molecule has 5 nitrogen and oxygen atoms in total. The number of nitrogens with zero attached hydrogens (tertiary/aromatic N) is 2. The molecule has 0 aliphatic carbocycles. The van der Waals surface area contributed by atoms with Gasteiger partial charge in [0, 0.05) is 24.3 Å². The van der Waals surface area contributed by atoms with Gasteiger partial charge in [-0.2, -0.15) is 0 Å². The normalized spacial score (nSPS) is 21.4. The predicted molar refractivity (Wildman–Crippen MR) is 61.8 cm³/mol. The maximum atomic E-state index is 9.50. The van der Waals surface area contributed by atoms with Gasteiger partial charge in [0.25, 0.3) is 0 Å². The SMILES string of the molecule is N/C(=N/O)c1ccccc1N1CC[C@H](O)C1. The van der Waals surface area contributed by atoms with Gasteiger partial charge in [0.15, 0.2) is 5.84 Å². The fourth-order valence-electron chi connectivity index (χ4n) is 1.98. The number of aliphatic hydroxyl groups is 1. The van der Waals surface area contributed by atoms with Crippen LogP contribution in [0.2, 0.25) is 0 Å². The second-order valence-electron chi connectivity index (χ2n) is 3.89. The van der Waals surface area contributed by atoms with E-state index in [1.54, 1.807) is 6.07 Å². The molecule has 1 atom stereocenters. The topological polar surface area (TPSA) is 82.1 Å². The lowest BCUT2D eigenvalue weighted by Crippen LogP contribution is -2.25. The van der Waals surface area contributed by atoms with E-state index in [1.165, 1.54) is 0 Å².